The number of rotatable bonds is 5. The van der Waals surface area contributed by atoms with E-state index in [-0.39, 0.29) is 6.79 Å². The lowest BCUT2D eigenvalue weighted by Gasteiger charge is -2.19. The Morgan fingerprint density at radius 3 is 2.90 bits per heavy atom. The highest BCUT2D eigenvalue weighted by atomic mass is 19.1. The molecule has 1 saturated heterocycles. The Kier molecular flexibility index (Phi) is 4.88. The summed E-state index contributed by atoms with van der Waals surface area (Å²) in [4.78, 5) is 24.5. The zero-order valence-electron chi connectivity index (χ0n) is 11.6. The molecule has 0 spiro atoms. The standard InChI is InChI=1S/C12H17FN2O6/c1-3-19-5-20-9-6(2)21-11(8(9)16)15-4-7(13)10(17)14-12(15)18/h4,6,8-9,11,16H,3,5H2,1-2H3,(H,14,17,18)/t6-,8-,9-,11-/m1/s1. The van der Waals surface area contributed by atoms with Crippen LogP contribution >= 0.6 is 0 Å². The van der Waals surface area contributed by atoms with Gasteiger partial charge in [-0.1, -0.05) is 0 Å². The summed E-state index contributed by atoms with van der Waals surface area (Å²) in [6.07, 6.45) is -2.92. The number of aliphatic hydroxyl groups excluding tert-OH is 1. The summed E-state index contributed by atoms with van der Waals surface area (Å²) in [6, 6.07) is 0. The predicted octanol–water partition coefficient (Wildman–Crippen LogP) is -0.667. The molecule has 0 saturated carbocycles. The van der Waals surface area contributed by atoms with Gasteiger partial charge in [-0.15, -0.1) is 0 Å². The van der Waals surface area contributed by atoms with E-state index in [1.54, 1.807) is 18.8 Å². The zero-order valence-corrected chi connectivity index (χ0v) is 11.6. The number of H-pyrrole nitrogens is 1. The van der Waals surface area contributed by atoms with Crippen LogP contribution < -0.4 is 11.2 Å². The maximum atomic E-state index is 13.3. The summed E-state index contributed by atoms with van der Waals surface area (Å²) in [6.45, 7) is 3.85. The second kappa shape index (κ2) is 6.48. The van der Waals surface area contributed by atoms with Gasteiger partial charge in [0.15, 0.2) is 6.23 Å². The van der Waals surface area contributed by atoms with Crippen molar-refractivity contribution in [2.45, 2.75) is 38.4 Å². The van der Waals surface area contributed by atoms with E-state index in [4.69, 9.17) is 14.2 Å². The molecule has 0 unspecified atom stereocenters. The molecule has 1 aromatic heterocycles. The minimum atomic E-state index is -1.21. The van der Waals surface area contributed by atoms with Crippen molar-refractivity contribution in [2.24, 2.45) is 0 Å². The van der Waals surface area contributed by atoms with Crippen molar-refractivity contribution in [2.75, 3.05) is 13.4 Å². The smallest absolute Gasteiger partial charge is 0.330 e. The normalized spacial score (nSPS) is 29.0. The number of nitrogens with one attached hydrogen (secondary N) is 1. The quantitative estimate of drug-likeness (QED) is 0.552. The molecule has 4 atom stereocenters. The van der Waals surface area contributed by atoms with Crippen LogP contribution in [0.4, 0.5) is 4.39 Å². The van der Waals surface area contributed by atoms with E-state index in [2.05, 4.69) is 0 Å². The Labute approximate surface area is 119 Å². The van der Waals surface area contributed by atoms with E-state index >= 15 is 0 Å². The van der Waals surface area contributed by atoms with Crippen LogP contribution in [-0.4, -0.2) is 46.4 Å². The van der Waals surface area contributed by atoms with Crippen LogP contribution in [0.15, 0.2) is 15.8 Å². The van der Waals surface area contributed by atoms with Crippen LogP contribution in [0.25, 0.3) is 0 Å². The molecule has 21 heavy (non-hydrogen) atoms. The number of ether oxygens (including phenoxy) is 3. The third-order valence-electron chi connectivity index (χ3n) is 3.19. The molecule has 1 aliphatic rings. The maximum Gasteiger partial charge on any atom is 0.330 e. The topological polar surface area (TPSA) is 103 Å². The second-order valence-corrected chi connectivity index (χ2v) is 4.61. The average molecular weight is 304 g/mol. The van der Waals surface area contributed by atoms with Crippen LogP contribution in [0.5, 0.6) is 0 Å². The van der Waals surface area contributed by atoms with Gasteiger partial charge in [0.1, 0.15) is 19.0 Å². The molecule has 2 heterocycles. The minimum Gasteiger partial charge on any atom is -0.386 e. The van der Waals surface area contributed by atoms with Crippen molar-refractivity contribution in [1.82, 2.24) is 9.55 Å². The van der Waals surface area contributed by atoms with Gasteiger partial charge in [0.05, 0.1) is 12.3 Å². The summed E-state index contributed by atoms with van der Waals surface area (Å²) >= 11 is 0. The average Bonchev–Trinajstić information content (AvgIpc) is 2.71. The van der Waals surface area contributed by atoms with Crippen molar-refractivity contribution in [1.29, 1.82) is 0 Å². The van der Waals surface area contributed by atoms with E-state index in [9.17, 15) is 19.1 Å². The van der Waals surface area contributed by atoms with Crippen molar-refractivity contribution in [3.63, 3.8) is 0 Å². The molecule has 0 amide bonds. The van der Waals surface area contributed by atoms with Crippen LogP contribution in [0.3, 0.4) is 0 Å². The summed E-state index contributed by atoms with van der Waals surface area (Å²) in [5, 5.41) is 10.2. The molecular weight excluding hydrogens is 287 g/mol. The van der Waals surface area contributed by atoms with Gasteiger partial charge in [0.25, 0.3) is 5.56 Å². The number of nitrogens with zero attached hydrogens (tertiary/aromatic N) is 1. The molecule has 1 fully saturated rings. The number of aromatic amines is 1. The van der Waals surface area contributed by atoms with Gasteiger partial charge in [-0.05, 0) is 13.8 Å². The fourth-order valence-corrected chi connectivity index (χ4v) is 2.14. The molecule has 0 bridgehead atoms. The van der Waals surface area contributed by atoms with E-state index in [0.717, 1.165) is 4.57 Å². The Balaban J connectivity index is 2.20. The molecule has 9 heteroatoms. The van der Waals surface area contributed by atoms with Gasteiger partial charge in [-0.2, -0.15) is 4.39 Å². The number of aromatic nitrogens is 2. The van der Waals surface area contributed by atoms with Crippen LogP contribution in [0.1, 0.15) is 20.1 Å². The molecule has 2 N–H and O–H groups in total. The highest BCUT2D eigenvalue weighted by Gasteiger charge is 2.43. The lowest BCUT2D eigenvalue weighted by molar-refractivity contribution is -0.121. The molecule has 1 aliphatic heterocycles. The molecule has 0 aliphatic carbocycles. The Morgan fingerprint density at radius 2 is 2.24 bits per heavy atom. The Bertz CT molecular complexity index is 600. The molecule has 1 aromatic rings. The van der Waals surface area contributed by atoms with Gasteiger partial charge < -0.3 is 19.3 Å². The third kappa shape index (κ3) is 3.21. The highest BCUT2D eigenvalue weighted by molar-refractivity contribution is 4.94. The van der Waals surface area contributed by atoms with Crippen molar-refractivity contribution >= 4 is 0 Å². The fraction of sp³-hybridized carbons (Fsp3) is 0.667. The first-order valence-electron chi connectivity index (χ1n) is 6.49. The number of halogens is 1. The second-order valence-electron chi connectivity index (χ2n) is 4.61. The van der Waals surface area contributed by atoms with E-state index in [0.29, 0.717) is 12.8 Å². The van der Waals surface area contributed by atoms with Crippen LogP contribution in [-0.2, 0) is 14.2 Å². The number of aliphatic hydroxyl groups is 1. The van der Waals surface area contributed by atoms with Gasteiger partial charge >= 0.3 is 5.69 Å². The fourth-order valence-electron chi connectivity index (χ4n) is 2.14. The monoisotopic (exact) mass is 304 g/mol. The summed E-state index contributed by atoms with van der Waals surface area (Å²) in [7, 11) is 0. The third-order valence-corrected chi connectivity index (χ3v) is 3.19. The molecule has 8 nitrogen and oxygen atoms in total. The molecule has 0 radical (unpaired) electrons. The SMILES string of the molecule is CCOCO[C@H]1[C@@H](O)[C@H](n2cc(F)c(=O)[nH]c2=O)O[C@@H]1C. The zero-order chi connectivity index (χ0) is 15.6. The van der Waals surface area contributed by atoms with E-state index in [1.807, 2.05) is 0 Å². The lowest BCUT2D eigenvalue weighted by atomic mass is 10.1. The number of hydrogen-bond donors (Lipinski definition) is 2. The summed E-state index contributed by atoms with van der Waals surface area (Å²) in [5.41, 5.74) is -2.00. The largest absolute Gasteiger partial charge is 0.386 e. The Hall–Kier alpha value is -1.55. The summed E-state index contributed by atoms with van der Waals surface area (Å²) in [5.74, 6) is -1.14. The van der Waals surface area contributed by atoms with E-state index < -0.39 is 41.6 Å². The minimum absolute atomic E-state index is 0.0342. The molecule has 2 rings (SSSR count). The molecule has 118 valence electrons. The van der Waals surface area contributed by atoms with Gasteiger partial charge in [0, 0.05) is 6.61 Å². The van der Waals surface area contributed by atoms with E-state index in [1.165, 1.54) is 0 Å². The van der Waals surface area contributed by atoms with Gasteiger partial charge in [-0.3, -0.25) is 14.3 Å². The van der Waals surface area contributed by atoms with Crippen LogP contribution in [0, 0.1) is 5.82 Å². The van der Waals surface area contributed by atoms with Crippen molar-refractivity contribution in [3.05, 3.63) is 32.9 Å². The maximum absolute atomic E-state index is 13.3. The number of hydrogen-bond acceptors (Lipinski definition) is 6. The van der Waals surface area contributed by atoms with Crippen molar-refractivity contribution in [3.8, 4) is 0 Å². The van der Waals surface area contributed by atoms with Crippen molar-refractivity contribution < 1.29 is 23.7 Å². The first kappa shape index (κ1) is 15.8. The predicted molar refractivity (Wildman–Crippen MR) is 68.2 cm³/mol. The Morgan fingerprint density at radius 1 is 1.52 bits per heavy atom. The summed E-state index contributed by atoms with van der Waals surface area (Å²) < 4.78 is 29.9. The van der Waals surface area contributed by atoms with Gasteiger partial charge in [-0.25, -0.2) is 4.79 Å². The molecule has 0 aromatic carbocycles. The van der Waals surface area contributed by atoms with Crippen LogP contribution in [0.2, 0.25) is 0 Å². The van der Waals surface area contributed by atoms with Gasteiger partial charge in [0.2, 0.25) is 5.82 Å². The highest BCUT2D eigenvalue weighted by Crippen LogP contribution is 2.30. The first-order valence-corrected chi connectivity index (χ1v) is 6.49. The molecular formula is C12H17FN2O6. The first-order chi connectivity index (χ1) is 9.95. The lowest BCUT2D eigenvalue weighted by Crippen LogP contribution is -2.39.